The Morgan fingerprint density at radius 1 is 1.43 bits per heavy atom. The fourth-order valence-electron chi connectivity index (χ4n) is 2.06. The molecule has 4 heteroatoms. The predicted octanol–water partition coefficient (Wildman–Crippen LogP) is 2.62. The van der Waals surface area contributed by atoms with Crippen molar-refractivity contribution in [1.82, 2.24) is 9.78 Å². The van der Waals surface area contributed by atoms with E-state index in [4.69, 9.17) is 4.74 Å². The van der Waals surface area contributed by atoms with Crippen LogP contribution in [0, 0.1) is 3.57 Å². The number of halogens is 1. The highest BCUT2D eigenvalue weighted by Gasteiger charge is 2.22. The summed E-state index contributed by atoms with van der Waals surface area (Å²) in [6, 6.07) is 0.588. The second-order valence-electron chi connectivity index (χ2n) is 3.80. The van der Waals surface area contributed by atoms with E-state index in [9.17, 15) is 0 Å². The van der Waals surface area contributed by atoms with E-state index in [1.165, 1.54) is 16.4 Å². The zero-order chi connectivity index (χ0) is 9.97. The minimum Gasteiger partial charge on any atom is -0.381 e. The summed E-state index contributed by atoms with van der Waals surface area (Å²) in [4.78, 5) is 0. The number of methoxy groups -OCH3 is 1. The average Bonchev–Trinajstić information content (AvgIpc) is 2.65. The van der Waals surface area contributed by atoms with E-state index in [0.29, 0.717) is 12.1 Å². The highest BCUT2D eigenvalue weighted by Crippen LogP contribution is 2.29. The first kappa shape index (κ1) is 10.4. The summed E-state index contributed by atoms with van der Waals surface area (Å²) in [7, 11) is 1.81. The van der Waals surface area contributed by atoms with Gasteiger partial charge in [0.15, 0.2) is 0 Å². The second kappa shape index (κ2) is 4.61. The number of rotatable bonds is 2. The molecule has 0 bridgehead atoms. The third-order valence-corrected chi connectivity index (χ3v) is 3.48. The van der Waals surface area contributed by atoms with Crippen molar-refractivity contribution in [2.75, 3.05) is 7.11 Å². The van der Waals surface area contributed by atoms with Crippen molar-refractivity contribution >= 4 is 22.6 Å². The molecule has 78 valence electrons. The van der Waals surface area contributed by atoms with Gasteiger partial charge < -0.3 is 4.74 Å². The van der Waals surface area contributed by atoms with E-state index >= 15 is 0 Å². The smallest absolute Gasteiger partial charge is 0.0623 e. The van der Waals surface area contributed by atoms with Gasteiger partial charge in [-0.15, -0.1) is 0 Å². The predicted molar refractivity (Wildman–Crippen MR) is 63.2 cm³/mol. The zero-order valence-electron chi connectivity index (χ0n) is 8.32. The summed E-state index contributed by atoms with van der Waals surface area (Å²) < 4.78 is 8.67. The van der Waals surface area contributed by atoms with Crippen molar-refractivity contribution in [2.45, 2.75) is 37.8 Å². The van der Waals surface area contributed by atoms with Crippen molar-refractivity contribution in [1.29, 1.82) is 0 Å². The van der Waals surface area contributed by atoms with E-state index in [0.717, 1.165) is 12.8 Å². The fourth-order valence-corrected chi connectivity index (χ4v) is 2.47. The molecule has 1 aliphatic rings. The average molecular weight is 306 g/mol. The van der Waals surface area contributed by atoms with Crippen molar-refractivity contribution in [2.24, 2.45) is 0 Å². The van der Waals surface area contributed by atoms with Crippen LogP contribution in [0.15, 0.2) is 12.4 Å². The van der Waals surface area contributed by atoms with Gasteiger partial charge in [0.1, 0.15) is 0 Å². The highest BCUT2D eigenvalue weighted by molar-refractivity contribution is 14.1. The van der Waals surface area contributed by atoms with Crippen LogP contribution >= 0.6 is 22.6 Å². The fraction of sp³-hybridized carbons (Fsp3) is 0.700. The summed E-state index contributed by atoms with van der Waals surface area (Å²) in [5.74, 6) is 0. The van der Waals surface area contributed by atoms with Gasteiger partial charge in [0.25, 0.3) is 0 Å². The molecule has 14 heavy (non-hydrogen) atoms. The Hall–Kier alpha value is -0.100. The van der Waals surface area contributed by atoms with Crippen molar-refractivity contribution < 1.29 is 4.74 Å². The first-order chi connectivity index (χ1) is 6.79. The Bertz CT molecular complexity index is 292. The molecular weight excluding hydrogens is 291 g/mol. The van der Waals surface area contributed by atoms with Crippen LogP contribution in [0.4, 0.5) is 0 Å². The summed E-state index contributed by atoms with van der Waals surface area (Å²) in [5.41, 5.74) is 0. The molecule has 0 saturated heterocycles. The van der Waals surface area contributed by atoms with E-state index in [1.807, 2.05) is 13.3 Å². The lowest BCUT2D eigenvalue weighted by Crippen LogP contribution is -2.22. The van der Waals surface area contributed by atoms with Crippen LogP contribution < -0.4 is 0 Å². The molecule has 2 rings (SSSR count). The maximum atomic E-state index is 5.35. The van der Waals surface area contributed by atoms with Crippen LogP contribution in [0.3, 0.4) is 0 Å². The molecule has 0 atom stereocenters. The SMILES string of the molecule is COC1CCC(n2cc(I)cn2)CC1. The van der Waals surface area contributed by atoms with Gasteiger partial charge in [-0.1, -0.05) is 0 Å². The van der Waals surface area contributed by atoms with Crippen LogP contribution in [-0.4, -0.2) is 23.0 Å². The first-order valence-corrected chi connectivity index (χ1v) is 6.10. The minimum absolute atomic E-state index is 0.473. The van der Waals surface area contributed by atoms with Gasteiger partial charge in [0.05, 0.1) is 21.9 Å². The van der Waals surface area contributed by atoms with Gasteiger partial charge in [0, 0.05) is 13.3 Å². The quantitative estimate of drug-likeness (QED) is 0.785. The van der Waals surface area contributed by atoms with Crippen molar-refractivity contribution in [3.63, 3.8) is 0 Å². The molecule has 3 nitrogen and oxygen atoms in total. The molecule has 1 heterocycles. The summed E-state index contributed by atoms with van der Waals surface area (Å²) >= 11 is 2.30. The Morgan fingerprint density at radius 3 is 2.64 bits per heavy atom. The lowest BCUT2D eigenvalue weighted by Gasteiger charge is -2.27. The number of aromatic nitrogens is 2. The Labute approximate surface area is 98.0 Å². The summed E-state index contributed by atoms with van der Waals surface area (Å²) in [6.07, 6.45) is 9.23. The topological polar surface area (TPSA) is 27.1 Å². The Balaban J connectivity index is 1.95. The monoisotopic (exact) mass is 306 g/mol. The number of hydrogen-bond acceptors (Lipinski definition) is 2. The van der Waals surface area contributed by atoms with Gasteiger partial charge in [-0.3, -0.25) is 4.68 Å². The molecule has 1 aromatic heterocycles. The molecule has 0 aromatic carbocycles. The van der Waals surface area contributed by atoms with Gasteiger partial charge in [-0.2, -0.15) is 5.10 Å². The molecule has 1 saturated carbocycles. The largest absolute Gasteiger partial charge is 0.381 e. The molecule has 0 N–H and O–H groups in total. The van der Waals surface area contributed by atoms with Crippen LogP contribution in [0.25, 0.3) is 0 Å². The first-order valence-electron chi connectivity index (χ1n) is 5.02. The maximum absolute atomic E-state index is 5.35. The third-order valence-electron chi connectivity index (χ3n) is 2.92. The minimum atomic E-state index is 0.473. The molecule has 0 radical (unpaired) electrons. The normalized spacial score (nSPS) is 27.9. The van der Waals surface area contributed by atoms with Gasteiger partial charge in [-0.05, 0) is 48.3 Å². The molecular formula is C10H15IN2O. The second-order valence-corrected chi connectivity index (χ2v) is 5.05. The standard InChI is InChI=1S/C10H15IN2O/c1-14-10-4-2-9(3-5-10)13-7-8(11)6-12-13/h6-7,9-10H,2-5H2,1H3. The maximum Gasteiger partial charge on any atom is 0.0623 e. The van der Waals surface area contributed by atoms with E-state index in [-0.39, 0.29) is 0 Å². The lowest BCUT2D eigenvalue weighted by atomic mass is 9.93. The molecule has 0 spiro atoms. The number of hydrogen-bond donors (Lipinski definition) is 0. The summed E-state index contributed by atoms with van der Waals surface area (Å²) in [5, 5.41) is 4.36. The van der Waals surface area contributed by atoms with Crippen molar-refractivity contribution in [3.05, 3.63) is 16.0 Å². The zero-order valence-corrected chi connectivity index (χ0v) is 10.5. The van der Waals surface area contributed by atoms with Crippen molar-refractivity contribution in [3.8, 4) is 0 Å². The third kappa shape index (κ3) is 2.28. The molecule has 1 fully saturated rings. The van der Waals surface area contributed by atoms with Crippen LogP contribution in [0.1, 0.15) is 31.7 Å². The van der Waals surface area contributed by atoms with Gasteiger partial charge in [0.2, 0.25) is 0 Å². The molecule has 0 amide bonds. The Morgan fingerprint density at radius 2 is 2.14 bits per heavy atom. The van der Waals surface area contributed by atoms with Gasteiger partial charge >= 0.3 is 0 Å². The Kier molecular flexibility index (Phi) is 3.43. The molecule has 0 unspecified atom stereocenters. The molecule has 0 aliphatic heterocycles. The summed E-state index contributed by atoms with van der Waals surface area (Å²) in [6.45, 7) is 0. The van der Waals surface area contributed by atoms with Crippen LogP contribution in [0.2, 0.25) is 0 Å². The van der Waals surface area contributed by atoms with Gasteiger partial charge in [-0.25, -0.2) is 0 Å². The lowest BCUT2D eigenvalue weighted by molar-refractivity contribution is 0.0568. The van der Waals surface area contributed by atoms with E-state index in [1.54, 1.807) is 0 Å². The van der Waals surface area contributed by atoms with E-state index in [2.05, 4.69) is 38.6 Å². The van der Waals surface area contributed by atoms with E-state index < -0.39 is 0 Å². The highest BCUT2D eigenvalue weighted by atomic mass is 127. The van der Waals surface area contributed by atoms with Crippen LogP contribution in [-0.2, 0) is 4.74 Å². The number of ether oxygens (including phenoxy) is 1. The number of nitrogens with zero attached hydrogens (tertiary/aromatic N) is 2. The molecule has 1 aromatic rings. The van der Waals surface area contributed by atoms with Crippen LogP contribution in [0.5, 0.6) is 0 Å². The molecule has 1 aliphatic carbocycles.